The van der Waals surface area contributed by atoms with E-state index in [1.807, 2.05) is 36.5 Å². The SMILES string of the molecule is Nc1cncc(-c2cnc3n[nH]c(-c4nc5nccc(-c6cccnc6)c5[nH]4)c3c2)c1. The van der Waals surface area contributed by atoms with Crippen LogP contribution in [0.2, 0.25) is 0 Å². The Labute approximate surface area is 175 Å². The number of hydrogen-bond donors (Lipinski definition) is 3. The number of imidazole rings is 1. The summed E-state index contributed by atoms with van der Waals surface area (Å²) in [6, 6.07) is 9.71. The molecule has 0 aliphatic heterocycles. The lowest BCUT2D eigenvalue weighted by molar-refractivity contribution is 1.09. The van der Waals surface area contributed by atoms with E-state index in [2.05, 4.69) is 40.1 Å². The third-order valence-electron chi connectivity index (χ3n) is 5.10. The molecule has 148 valence electrons. The Kier molecular flexibility index (Phi) is 3.72. The number of pyridine rings is 4. The van der Waals surface area contributed by atoms with Crippen molar-refractivity contribution in [2.24, 2.45) is 0 Å². The summed E-state index contributed by atoms with van der Waals surface area (Å²) in [6.07, 6.45) is 10.4. The molecular weight excluding hydrogens is 390 g/mol. The van der Waals surface area contributed by atoms with Crippen LogP contribution in [-0.4, -0.2) is 40.1 Å². The van der Waals surface area contributed by atoms with Crippen LogP contribution < -0.4 is 5.73 Å². The molecule has 9 heteroatoms. The lowest BCUT2D eigenvalue weighted by atomic mass is 10.1. The minimum Gasteiger partial charge on any atom is -0.397 e. The van der Waals surface area contributed by atoms with E-state index in [1.165, 1.54) is 0 Å². The number of H-pyrrole nitrogens is 2. The fourth-order valence-corrected chi connectivity index (χ4v) is 3.65. The van der Waals surface area contributed by atoms with Gasteiger partial charge >= 0.3 is 0 Å². The van der Waals surface area contributed by atoms with Crippen LogP contribution in [0, 0.1) is 0 Å². The Morgan fingerprint density at radius 1 is 0.806 bits per heavy atom. The topological polar surface area (TPSA) is 135 Å². The Balaban J connectivity index is 1.51. The van der Waals surface area contributed by atoms with Gasteiger partial charge < -0.3 is 10.7 Å². The normalized spacial score (nSPS) is 11.4. The van der Waals surface area contributed by atoms with Gasteiger partial charge in [-0.15, -0.1) is 0 Å². The van der Waals surface area contributed by atoms with E-state index in [9.17, 15) is 0 Å². The van der Waals surface area contributed by atoms with Crippen molar-refractivity contribution < 1.29 is 0 Å². The molecule has 0 fully saturated rings. The highest BCUT2D eigenvalue weighted by molar-refractivity contribution is 5.96. The number of nitrogens with two attached hydrogens (primary N) is 1. The highest BCUT2D eigenvalue weighted by Crippen LogP contribution is 2.31. The van der Waals surface area contributed by atoms with Crippen molar-refractivity contribution >= 4 is 27.9 Å². The smallest absolute Gasteiger partial charge is 0.181 e. The molecule has 0 aliphatic rings. The average molecular weight is 405 g/mol. The Morgan fingerprint density at radius 3 is 2.58 bits per heavy atom. The molecule has 0 radical (unpaired) electrons. The van der Waals surface area contributed by atoms with Crippen molar-refractivity contribution in [1.29, 1.82) is 0 Å². The van der Waals surface area contributed by atoms with Crippen LogP contribution in [-0.2, 0) is 0 Å². The first-order valence-corrected chi connectivity index (χ1v) is 9.57. The Morgan fingerprint density at radius 2 is 1.71 bits per heavy atom. The van der Waals surface area contributed by atoms with Crippen molar-refractivity contribution in [1.82, 2.24) is 40.1 Å². The number of aromatic amines is 2. The van der Waals surface area contributed by atoms with Gasteiger partial charge in [0.25, 0.3) is 0 Å². The van der Waals surface area contributed by atoms with Crippen LogP contribution in [0.25, 0.3) is 56.0 Å². The van der Waals surface area contributed by atoms with E-state index in [0.717, 1.165) is 38.9 Å². The first kappa shape index (κ1) is 17.2. The summed E-state index contributed by atoms with van der Waals surface area (Å²) in [5, 5.41) is 8.22. The highest BCUT2D eigenvalue weighted by atomic mass is 15.2. The Bertz CT molecular complexity index is 1550. The summed E-state index contributed by atoms with van der Waals surface area (Å²) in [6.45, 7) is 0. The number of rotatable bonds is 3. The van der Waals surface area contributed by atoms with E-state index in [4.69, 9.17) is 5.73 Å². The summed E-state index contributed by atoms with van der Waals surface area (Å²) < 4.78 is 0. The third-order valence-corrected chi connectivity index (χ3v) is 5.10. The van der Waals surface area contributed by atoms with E-state index in [-0.39, 0.29) is 0 Å². The largest absolute Gasteiger partial charge is 0.397 e. The minimum atomic E-state index is 0.594. The molecule has 0 atom stereocenters. The summed E-state index contributed by atoms with van der Waals surface area (Å²) >= 11 is 0. The molecule has 6 aromatic heterocycles. The summed E-state index contributed by atoms with van der Waals surface area (Å²) in [4.78, 5) is 25.4. The molecule has 4 N–H and O–H groups in total. The molecule has 0 bridgehead atoms. The van der Waals surface area contributed by atoms with Gasteiger partial charge in [0.05, 0.1) is 16.6 Å². The molecule has 0 saturated carbocycles. The van der Waals surface area contributed by atoms with E-state index in [1.54, 1.807) is 31.0 Å². The Hall–Kier alpha value is -4.66. The minimum absolute atomic E-state index is 0.594. The van der Waals surface area contributed by atoms with Gasteiger partial charge in [-0.2, -0.15) is 5.10 Å². The first-order valence-electron chi connectivity index (χ1n) is 9.57. The summed E-state index contributed by atoms with van der Waals surface area (Å²) in [7, 11) is 0. The fraction of sp³-hybridized carbons (Fsp3) is 0. The molecule has 6 aromatic rings. The lowest BCUT2D eigenvalue weighted by Gasteiger charge is -2.02. The summed E-state index contributed by atoms with van der Waals surface area (Å²) in [5.41, 5.74) is 13.0. The van der Waals surface area contributed by atoms with Crippen molar-refractivity contribution in [3.63, 3.8) is 0 Å². The second kappa shape index (κ2) is 6.70. The molecule has 0 unspecified atom stereocenters. The number of aromatic nitrogens is 8. The standard InChI is InChI=1S/C22H15N9/c23-15-6-13(9-25-11-15)14-7-17-19(30-31-20(17)27-10-14)22-28-18-16(3-5-26-21(18)29-22)12-2-1-4-24-8-12/h1-11H,23H2,(H,26,28,29)(H,27,30,31). The zero-order valence-electron chi connectivity index (χ0n) is 16.1. The molecule has 9 nitrogen and oxygen atoms in total. The van der Waals surface area contributed by atoms with Crippen LogP contribution in [0.5, 0.6) is 0 Å². The van der Waals surface area contributed by atoms with E-state index < -0.39 is 0 Å². The average Bonchev–Trinajstić information content (AvgIpc) is 3.43. The molecule has 0 spiro atoms. The van der Waals surface area contributed by atoms with Crippen LogP contribution >= 0.6 is 0 Å². The van der Waals surface area contributed by atoms with Crippen LogP contribution in [0.15, 0.2) is 67.5 Å². The molecule has 0 aromatic carbocycles. The van der Waals surface area contributed by atoms with Gasteiger partial charge in [-0.1, -0.05) is 6.07 Å². The first-order chi connectivity index (χ1) is 15.3. The van der Waals surface area contributed by atoms with Gasteiger partial charge in [-0.25, -0.2) is 15.0 Å². The number of anilines is 1. The predicted molar refractivity (Wildman–Crippen MR) is 118 cm³/mol. The fourth-order valence-electron chi connectivity index (χ4n) is 3.65. The number of nitrogens with one attached hydrogen (secondary N) is 2. The molecule has 6 heterocycles. The molecule has 6 rings (SSSR count). The van der Waals surface area contributed by atoms with E-state index >= 15 is 0 Å². The molecule has 0 aliphatic carbocycles. The second-order valence-corrected chi connectivity index (χ2v) is 7.08. The van der Waals surface area contributed by atoms with Crippen molar-refractivity contribution in [3.05, 3.63) is 67.5 Å². The summed E-state index contributed by atoms with van der Waals surface area (Å²) in [5.74, 6) is 0.631. The van der Waals surface area contributed by atoms with Crippen LogP contribution in [0.1, 0.15) is 0 Å². The zero-order valence-corrected chi connectivity index (χ0v) is 16.1. The van der Waals surface area contributed by atoms with Gasteiger partial charge in [0.2, 0.25) is 0 Å². The molecule has 31 heavy (non-hydrogen) atoms. The van der Waals surface area contributed by atoms with Gasteiger partial charge in [-0.05, 0) is 24.3 Å². The number of hydrogen-bond acceptors (Lipinski definition) is 7. The predicted octanol–water partition coefficient (Wildman–Crippen LogP) is 3.60. The van der Waals surface area contributed by atoms with Crippen molar-refractivity contribution in [2.75, 3.05) is 5.73 Å². The van der Waals surface area contributed by atoms with E-state index in [0.29, 0.717) is 22.8 Å². The maximum absolute atomic E-state index is 5.89. The molecular formula is C22H15N9. The van der Waals surface area contributed by atoms with Gasteiger partial charge in [-0.3, -0.25) is 15.1 Å². The van der Waals surface area contributed by atoms with Crippen LogP contribution in [0.4, 0.5) is 5.69 Å². The zero-order chi connectivity index (χ0) is 20.8. The quantitative estimate of drug-likeness (QED) is 0.409. The molecule has 0 amide bonds. The van der Waals surface area contributed by atoms with Crippen molar-refractivity contribution in [2.45, 2.75) is 0 Å². The number of nitrogens with zero attached hydrogens (tertiary/aromatic N) is 6. The third kappa shape index (κ3) is 2.87. The van der Waals surface area contributed by atoms with Gasteiger partial charge in [0, 0.05) is 59.4 Å². The number of nitrogen functional groups attached to an aromatic ring is 1. The highest BCUT2D eigenvalue weighted by Gasteiger charge is 2.16. The van der Waals surface area contributed by atoms with Crippen molar-refractivity contribution in [3.8, 4) is 33.8 Å². The molecule has 0 saturated heterocycles. The maximum atomic E-state index is 5.89. The lowest BCUT2D eigenvalue weighted by Crippen LogP contribution is -1.89. The second-order valence-electron chi connectivity index (χ2n) is 7.08. The number of fused-ring (bicyclic) bond motifs is 2. The monoisotopic (exact) mass is 405 g/mol. The maximum Gasteiger partial charge on any atom is 0.181 e. The van der Waals surface area contributed by atoms with Crippen LogP contribution in [0.3, 0.4) is 0 Å². The van der Waals surface area contributed by atoms with Gasteiger partial charge in [0.1, 0.15) is 5.69 Å². The van der Waals surface area contributed by atoms with Gasteiger partial charge in [0.15, 0.2) is 17.1 Å².